The van der Waals surface area contributed by atoms with E-state index < -0.39 is 5.41 Å². The summed E-state index contributed by atoms with van der Waals surface area (Å²) in [5.74, 6) is -0.183. The van der Waals surface area contributed by atoms with Crippen molar-refractivity contribution in [2.45, 2.75) is 19.4 Å². The average Bonchev–Trinajstić information content (AvgIpc) is 2.82. The molecule has 1 saturated heterocycles. The Morgan fingerprint density at radius 3 is 2.89 bits per heavy atom. The van der Waals surface area contributed by atoms with E-state index in [0.29, 0.717) is 32.6 Å². The van der Waals surface area contributed by atoms with Crippen molar-refractivity contribution >= 4 is 33.2 Å². The van der Waals surface area contributed by atoms with Crippen molar-refractivity contribution in [3.8, 4) is 6.07 Å². The second kappa shape index (κ2) is 5.83. The number of nitriles is 1. The van der Waals surface area contributed by atoms with Gasteiger partial charge in [-0.1, -0.05) is 0 Å². The molecule has 0 radical (unpaired) electrons. The lowest BCUT2D eigenvalue weighted by Gasteiger charge is -2.29. The van der Waals surface area contributed by atoms with Crippen molar-refractivity contribution < 1.29 is 9.53 Å². The van der Waals surface area contributed by atoms with Gasteiger partial charge in [-0.15, -0.1) is 11.3 Å². The molecule has 1 aromatic heterocycles. The number of halogens is 1. The number of nitrogens with one attached hydrogen (secondary N) is 1. The largest absolute Gasteiger partial charge is 0.381 e. The highest BCUT2D eigenvalue weighted by Gasteiger charge is 2.40. The van der Waals surface area contributed by atoms with Crippen LogP contribution < -0.4 is 5.32 Å². The molecule has 1 aliphatic heterocycles. The molecule has 0 saturated carbocycles. The molecule has 0 bridgehead atoms. The van der Waals surface area contributed by atoms with Crippen LogP contribution >= 0.6 is 27.3 Å². The zero-order valence-corrected chi connectivity index (χ0v) is 12.1. The third-order valence-electron chi connectivity index (χ3n) is 3.04. The maximum atomic E-state index is 12.1. The second-order valence-electron chi connectivity index (χ2n) is 4.22. The normalized spacial score (nSPS) is 18.0. The van der Waals surface area contributed by atoms with E-state index >= 15 is 0 Å². The Kier molecular flexibility index (Phi) is 4.38. The van der Waals surface area contributed by atoms with Gasteiger partial charge < -0.3 is 10.1 Å². The van der Waals surface area contributed by atoms with E-state index in [1.807, 2.05) is 11.4 Å². The lowest BCUT2D eigenvalue weighted by molar-refractivity contribution is -0.132. The summed E-state index contributed by atoms with van der Waals surface area (Å²) in [4.78, 5) is 13.2. The number of carbonyl (C=O) groups is 1. The predicted octanol–water partition coefficient (Wildman–Crippen LogP) is 2.45. The molecule has 2 heterocycles. The molecule has 0 atom stereocenters. The van der Waals surface area contributed by atoms with Gasteiger partial charge in [0.05, 0.1) is 12.6 Å². The smallest absolute Gasteiger partial charge is 0.240 e. The quantitative estimate of drug-likeness (QED) is 0.926. The van der Waals surface area contributed by atoms with Gasteiger partial charge in [-0.3, -0.25) is 4.79 Å². The van der Waals surface area contributed by atoms with Crippen molar-refractivity contribution in [2.75, 3.05) is 13.2 Å². The molecule has 2 rings (SSSR count). The molecule has 1 aromatic rings. The standard InChI is InChI=1S/C12H13BrN2O2S/c13-9-5-10(18-7-9)6-15-11(16)12(8-14)1-3-17-4-2-12/h5,7H,1-4,6H2,(H,15,16). The first-order valence-corrected chi connectivity index (χ1v) is 7.34. The van der Waals surface area contributed by atoms with E-state index in [4.69, 9.17) is 4.74 Å². The van der Waals surface area contributed by atoms with Crippen LogP contribution in [0.25, 0.3) is 0 Å². The summed E-state index contributed by atoms with van der Waals surface area (Å²) in [5.41, 5.74) is -0.910. The third-order valence-corrected chi connectivity index (χ3v) is 4.74. The van der Waals surface area contributed by atoms with Gasteiger partial charge in [0.25, 0.3) is 0 Å². The van der Waals surface area contributed by atoms with Crippen LogP contribution in [0.2, 0.25) is 0 Å². The molecule has 1 aliphatic rings. The predicted molar refractivity (Wildman–Crippen MR) is 72.0 cm³/mol. The zero-order valence-electron chi connectivity index (χ0n) is 9.74. The molecular weight excluding hydrogens is 316 g/mol. The van der Waals surface area contributed by atoms with Crippen LogP contribution in [0.15, 0.2) is 15.9 Å². The van der Waals surface area contributed by atoms with Crippen molar-refractivity contribution in [3.05, 3.63) is 20.8 Å². The van der Waals surface area contributed by atoms with Crippen LogP contribution in [0.5, 0.6) is 0 Å². The van der Waals surface area contributed by atoms with Gasteiger partial charge in [-0.05, 0) is 34.8 Å². The minimum Gasteiger partial charge on any atom is -0.381 e. The molecule has 18 heavy (non-hydrogen) atoms. The number of nitrogens with zero attached hydrogens (tertiary/aromatic N) is 1. The van der Waals surface area contributed by atoms with Crippen LogP contribution in [0.1, 0.15) is 17.7 Å². The number of amides is 1. The van der Waals surface area contributed by atoms with Gasteiger partial charge in [0, 0.05) is 27.9 Å². The van der Waals surface area contributed by atoms with Gasteiger partial charge in [0.1, 0.15) is 5.41 Å². The molecule has 0 aliphatic carbocycles. The maximum absolute atomic E-state index is 12.1. The van der Waals surface area contributed by atoms with Crippen LogP contribution in [-0.2, 0) is 16.1 Å². The monoisotopic (exact) mass is 328 g/mol. The molecule has 6 heteroatoms. The van der Waals surface area contributed by atoms with Gasteiger partial charge in [-0.2, -0.15) is 5.26 Å². The minimum absolute atomic E-state index is 0.183. The van der Waals surface area contributed by atoms with Gasteiger partial charge in [-0.25, -0.2) is 0 Å². The molecule has 1 fully saturated rings. The summed E-state index contributed by atoms with van der Waals surface area (Å²) in [5, 5.41) is 14.1. The maximum Gasteiger partial charge on any atom is 0.240 e. The Morgan fingerprint density at radius 1 is 1.61 bits per heavy atom. The first kappa shape index (κ1) is 13.5. The number of rotatable bonds is 3. The van der Waals surface area contributed by atoms with E-state index in [0.717, 1.165) is 9.35 Å². The summed E-state index contributed by atoms with van der Waals surface area (Å²) >= 11 is 4.94. The molecule has 1 amide bonds. The van der Waals surface area contributed by atoms with E-state index in [1.54, 1.807) is 11.3 Å². The Bertz CT molecular complexity index is 475. The van der Waals surface area contributed by atoms with E-state index in [-0.39, 0.29) is 5.91 Å². The number of hydrogen-bond acceptors (Lipinski definition) is 4. The zero-order chi connectivity index (χ0) is 13.0. The van der Waals surface area contributed by atoms with Crippen molar-refractivity contribution in [3.63, 3.8) is 0 Å². The van der Waals surface area contributed by atoms with E-state index in [1.165, 1.54) is 0 Å². The molecule has 96 valence electrons. The van der Waals surface area contributed by atoms with Crippen LogP contribution in [-0.4, -0.2) is 19.1 Å². The molecule has 0 unspecified atom stereocenters. The summed E-state index contributed by atoms with van der Waals surface area (Å²) in [6, 6.07) is 4.13. The number of carbonyl (C=O) groups excluding carboxylic acids is 1. The Balaban J connectivity index is 1.96. The first-order chi connectivity index (χ1) is 8.66. The summed E-state index contributed by atoms with van der Waals surface area (Å²) in [6.07, 6.45) is 0.951. The van der Waals surface area contributed by atoms with Crippen LogP contribution in [0, 0.1) is 16.7 Å². The second-order valence-corrected chi connectivity index (χ2v) is 6.13. The number of hydrogen-bond donors (Lipinski definition) is 1. The summed E-state index contributed by atoms with van der Waals surface area (Å²) < 4.78 is 6.22. The van der Waals surface area contributed by atoms with Gasteiger partial charge in [0.2, 0.25) is 5.91 Å². The Labute approximate surface area is 118 Å². The highest BCUT2D eigenvalue weighted by atomic mass is 79.9. The molecular formula is C12H13BrN2O2S. The Morgan fingerprint density at radius 2 is 2.33 bits per heavy atom. The SMILES string of the molecule is N#CC1(C(=O)NCc2cc(Br)cs2)CCOCC1. The van der Waals surface area contributed by atoms with Crippen LogP contribution in [0.3, 0.4) is 0 Å². The van der Waals surface area contributed by atoms with E-state index in [9.17, 15) is 10.1 Å². The van der Waals surface area contributed by atoms with Crippen molar-refractivity contribution in [2.24, 2.45) is 5.41 Å². The fourth-order valence-electron chi connectivity index (χ4n) is 1.89. The van der Waals surface area contributed by atoms with Gasteiger partial charge >= 0.3 is 0 Å². The van der Waals surface area contributed by atoms with Crippen molar-refractivity contribution in [1.29, 1.82) is 5.26 Å². The van der Waals surface area contributed by atoms with E-state index in [2.05, 4.69) is 27.3 Å². The third kappa shape index (κ3) is 2.91. The fourth-order valence-corrected chi connectivity index (χ4v) is 3.28. The Hall–Kier alpha value is -0.900. The number of thiophene rings is 1. The molecule has 0 spiro atoms. The highest BCUT2D eigenvalue weighted by Crippen LogP contribution is 2.30. The molecule has 4 nitrogen and oxygen atoms in total. The highest BCUT2D eigenvalue weighted by molar-refractivity contribution is 9.10. The first-order valence-electron chi connectivity index (χ1n) is 5.66. The lowest BCUT2D eigenvalue weighted by atomic mass is 9.81. The fraction of sp³-hybridized carbons (Fsp3) is 0.500. The van der Waals surface area contributed by atoms with Gasteiger partial charge in [0.15, 0.2) is 0 Å². The lowest BCUT2D eigenvalue weighted by Crippen LogP contribution is -2.43. The van der Waals surface area contributed by atoms with Crippen LogP contribution in [0.4, 0.5) is 0 Å². The topological polar surface area (TPSA) is 62.1 Å². The average molecular weight is 329 g/mol. The molecule has 0 aromatic carbocycles. The minimum atomic E-state index is -0.910. The summed E-state index contributed by atoms with van der Waals surface area (Å²) in [6.45, 7) is 1.43. The number of ether oxygens (including phenoxy) is 1. The summed E-state index contributed by atoms with van der Waals surface area (Å²) in [7, 11) is 0. The van der Waals surface area contributed by atoms with Crippen molar-refractivity contribution in [1.82, 2.24) is 5.32 Å². The molecule has 1 N–H and O–H groups in total.